The fourth-order valence-corrected chi connectivity index (χ4v) is 4.77. The summed E-state index contributed by atoms with van der Waals surface area (Å²) in [6.07, 6.45) is 9.87. The molecule has 1 aromatic heterocycles. The van der Waals surface area contributed by atoms with Crippen LogP contribution < -0.4 is 4.74 Å². The molecule has 0 saturated heterocycles. The molecule has 39 heavy (non-hydrogen) atoms. The Morgan fingerprint density at radius 1 is 0.923 bits per heavy atom. The summed E-state index contributed by atoms with van der Waals surface area (Å²) in [7, 11) is 0. The van der Waals surface area contributed by atoms with Crippen LogP contribution in [-0.2, 0) is 11.3 Å². The summed E-state index contributed by atoms with van der Waals surface area (Å²) in [5, 5.41) is 9.86. The Bertz CT molecular complexity index is 1410. The molecule has 0 unspecified atom stereocenters. The normalized spacial score (nSPS) is 11.3. The first-order valence-corrected chi connectivity index (χ1v) is 13.9. The molecule has 0 bridgehead atoms. The van der Waals surface area contributed by atoms with Gasteiger partial charge >= 0.3 is 5.97 Å². The van der Waals surface area contributed by atoms with Crippen molar-refractivity contribution >= 4 is 41.3 Å². The highest BCUT2D eigenvalue weighted by molar-refractivity contribution is 6.36. The van der Waals surface area contributed by atoms with Gasteiger partial charge in [0.05, 0.1) is 17.3 Å². The highest BCUT2D eigenvalue weighted by Crippen LogP contribution is 2.30. The minimum absolute atomic E-state index is 0.242. The largest absolute Gasteiger partial charge is 0.494 e. The lowest BCUT2D eigenvalue weighted by Crippen LogP contribution is -1.98. The van der Waals surface area contributed by atoms with Crippen LogP contribution in [0.3, 0.4) is 0 Å². The molecule has 0 aliphatic heterocycles. The SMILES string of the molecule is CCn1cc(-c2ccc(Cl)cc2Cl)nc1C=Cc1ccc(-c2ccc(OCCCCCCC(=O)O)cc2)cc1. The van der Waals surface area contributed by atoms with Gasteiger partial charge in [0, 0.05) is 29.7 Å². The third-order valence-corrected chi connectivity index (χ3v) is 6.98. The quantitative estimate of drug-likeness (QED) is 0.165. The highest BCUT2D eigenvalue weighted by Gasteiger charge is 2.10. The van der Waals surface area contributed by atoms with E-state index in [0.717, 1.165) is 71.7 Å². The van der Waals surface area contributed by atoms with E-state index in [-0.39, 0.29) is 6.42 Å². The smallest absolute Gasteiger partial charge is 0.303 e. The van der Waals surface area contributed by atoms with Crippen LogP contribution >= 0.6 is 23.2 Å². The van der Waals surface area contributed by atoms with Crippen LogP contribution in [-0.4, -0.2) is 27.2 Å². The molecule has 0 amide bonds. The first-order chi connectivity index (χ1) is 18.9. The Hall–Kier alpha value is -3.54. The lowest BCUT2D eigenvalue weighted by atomic mass is 10.0. The lowest BCUT2D eigenvalue weighted by molar-refractivity contribution is -0.137. The molecular formula is C32H32Cl2N2O3. The van der Waals surface area contributed by atoms with Crippen LogP contribution in [0.15, 0.2) is 72.9 Å². The van der Waals surface area contributed by atoms with Gasteiger partial charge < -0.3 is 14.4 Å². The maximum atomic E-state index is 10.5. The van der Waals surface area contributed by atoms with Crippen LogP contribution in [0.1, 0.15) is 50.4 Å². The number of carbonyl (C=O) groups is 1. The number of hydrogen-bond donors (Lipinski definition) is 1. The topological polar surface area (TPSA) is 64.4 Å². The van der Waals surface area contributed by atoms with Gasteiger partial charge in [0.2, 0.25) is 0 Å². The summed E-state index contributed by atoms with van der Waals surface area (Å²) in [5.74, 6) is 0.973. The summed E-state index contributed by atoms with van der Waals surface area (Å²) in [5.41, 5.74) is 5.01. The number of aryl methyl sites for hydroxylation is 1. The molecule has 0 aliphatic rings. The van der Waals surface area contributed by atoms with E-state index in [4.69, 9.17) is 38.0 Å². The third-order valence-electron chi connectivity index (χ3n) is 6.43. The third kappa shape index (κ3) is 8.22. The Morgan fingerprint density at radius 2 is 1.62 bits per heavy atom. The van der Waals surface area contributed by atoms with Gasteiger partial charge in [-0.05, 0) is 72.9 Å². The average molecular weight is 564 g/mol. The lowest BCUT2D eigenvalue weighted by Gasteiger charge is -2.08. The van der Waals surface area contributed by atoms with E-state index >= 15 is 0 Å². The molecule has 1 heterocycles. The summed E-state index contributed by atoms with van der Waals surface area (Å²) in [6.45, 7) is 3.52. The highest BCUT2D eigenvalue weighted by atomic mass is 35.5. The van der Waals surface area contributed by atoms with Gasteiger partial charge in [-0.3, -0.25) is 4.79 Å². The summed E-state index contributed by atoms with van der Waals surface area (Å²) >= 11 is 12.4. The van der Waals surface area contributed by atoms with Crippen LogP contribution in [0, 0.1) is 0 Å². The predicted molar refractivity (Wildman–Crippen MR) is 160 cm³/mol. The number of aromatic nitrogens is 2. The molecular weight excluding hydrogens is 531 g/mol. The molecule has 0 fully saturated rings. The standard InChI is InChI=1S/C32H32Cl2N2O3/c1-2-36-22-30(28-18-15-26(33)21-29(28)34)35-31(36)19-10-23-8-11-24(12-9-23)25-13-16-27(17-14-25)39-20-6-4-3-5-7-32(37)38/h8-19,21-22H,2-7,20H2,1H3,(H,37,38). The van der Waals surface area contributed by atoms with Crippen molar-refractivity contribution < 1.29 is 14.6 Å². The maximum Gasteiger partial charge on any atom is 0.303 e. The Morgan fingerprint density at radius 3 is 2.28 bits per heavy atom. The molecule has 3 aromatic carbocycles. The Balaban J connectivity index is 1.33. The van der Waals surface area contributed by atoms with E-state index in [9.17, 15) is 4.79 Å². The van der Waals surface area contributed by atoms with Gasteiger partial charge in [-0.2, -0.15) is 0 Å². The molecule has 0 spiro atoms. The van der Waals surface area contributed by atoms with Crippen molar-refractivity contribution in [2.75, 3.05) is 6.61 Å². The van der Waals surface area contributed by atoms with Crippen molar-refractivity contribution in [2.24, 2.45) is 0 Å². The van der Waals surface area contributed by atoms with E-state index in [1.165, 1.54) is 0 Å². The number of carboxylic acid groups (broad SMARTS) is 1. The minimum Gasteiger partial charge on any atom is -0.494 e. The first-order valence-electron chi connectivity index (χ1n) is 13.2. The number of unbranched alkanes of at least 4 members (excludes halogenated alkanes) is 3. The van der Waals surface area contributed by atoms with E-state index < -0.39 is 5.97 Å². The number of halogens is 2. The number of ether oxygens (including phenoxy) is 1. The fourth-order valence-electron chi connectivity index (χ4n) is 4.27. The molecule has 5 nitrogen and oxygen atoms in total. The van der Waals surface area contributed by atoms with Gasteiger partial charge in [-0.25, -0.2) is 4.98 Å². The number of aliphatic carboxylic acids is 1. The van der Waals surface area contributed by atoms with E-state index in [0.29, 0.717) is 16.7 Å². The first kappa shape index (κ1) is 28.5. The molecule has 0 radical (unpaired) electrons. The second kappa shape index (κ2) is 14.0. The van der Waals surface area contributed by atoms with Crippen molar-refractivity contribution in [3.05, 3.63) is 94.4 Å². The van der Waals surface area contributed by atoms with E-state index in [1.807, 2.05) is 36.5 Å². The Kier molecular flexibility index (Phi) is 10.2. The van der Waals surface area contributed by atoms with Crippen LogP contribution in [0.2, 0.25) is 10.0 Å². The maximum absolute atomic E-state index is 10.5. The molecule has 1 N–H and O–H groups in total. The number of nitrogens with zero attached hydrogens (tertiary/aromatic N) is 2. The van der Waals surface area contributed by atoms with Crippen molar-refractivity contribution in [1.29, 1.82) is 0 Å². The summed E-state index contributed by atoms with van der Waals surface area (Å²) in [4.78, 5) is 15.3. The Labute approximate surface area is 239 Å². The van der Waals surface area contributed by atoms with Crippen molar-refractivity contribution in [2.45, 2.75) is 45.6 Å². The van der Waals surface area contributed by atoms with Gasteiger partial charge in [0.25, 0.3) is 0 Å². The average Bonchev–Trinajstić information content (AvgIpc) is 3.35. The zero-order valence-corrected chi connectivity index (χ0v) is 23.5. The predicted octanol–water partition coefficient (Wildman–Crippen LogP) is 9.13. The molecule has 0 atom stereocenters. The number of hydrogen-bond acceptors (Lipinski definition) is 3. The summed E-state index contributed by atoms with van der Waals surface area (Å²) < 4.78 is 7.92. The number of carboxylic acids is 1. The van der Waals surface area contributed by atoms with Crippen molar-refractivity contribution in [3.63, 3.8) is 0 Å². The zero-order valence-electron chi connectivity index (χ0n) is 21.9. The number of rotatable bonds is 13. The monoisotopic (exact) mass is 562 g/mol. The molecule has 4 rings (SSSR count). The van der Waals surface area contributed by atoms with E-state index in [1.54, 1.807) is 6.07 Å². The molecule has 202 valence electrons. The zero-order chi connectivity index (χ0) is 27.6. The second-order valence-electron chi connectivity index (χ2n) is 9.28. The van der Waals surface area contributed by atoms with E-state index in [2.05, 4.69) is 54.0 Å². The number of imidazole rings is 1. The van der Waals surface area contributed by atoms with Crippen LogP contribution in [0.4, 0.5) is 0 Å². The fraction of sp³-hybridized carbons (Fsp3) is 0.250. The molecule has 7 heteroatoms. The van der Waals surface area contributed by atoms with Gasteiger partial charge in [0.15, 0.2) is 0 Å². The van der Waals surface area contributed by atoms with Gasteiger partial charge in [0.1, 0.15) is 11.6 Å². The van der Waals surface area contributed by atoms with Crippen LogP contribution in [0.25, 0.3) is 34.5 Å². The van der Waals surface area contributed by atoms with Gasteiger partial charge in [-0.1, -0.05) is 78.5 Å². The van der Waals surface area contributed by atoms with Crippen molar-refractivity contribution in [1.82, 2.24) is 9.55 Å². The van der Waals surface area contributed by atoms with Crippen molar-refractivity contribution in [3.8, 4) is 28.1 Å². The second-order valence-corrected chi connectivity index (χ2v) is 10.1. The summed E-state index contributed by atoms with van der Waals surface area (Å²) in [6, 6.07) is 22.0. The number of benzene rings is 3. The molecule has 4 aromatic rings. The van der Waals surface area contributed by atoms with Gasteiger partial charge in [-0.15, -0.1) is 0 Å². The van der Waals surface area contributed by atoms with Crippen LogP contribution in [0.5, 0.6) is 5.75 Å². The molecule has 0 aliphatic carbocycles. The molecule has 0 saturated carbocycles. The minimum atomic E-state index is -0.729.